The first kappa shape index (κ1) is 8.55. The lowest BCUT2D eigenvalue weighted by molar-refractivity contribution is 0.181. The fraction of sp³-hybridized carbons (Fsp3) is 1.00. The Morgan fingerprint density at radius 3 is 2.50 bits per heavy atom. The molecular formula is C11H21N. The summed E-state index contributed by atoms with van der Waals surface area (Å²) in [6.07, 6.45) is 10.2. The van der Waals surface area contributed by atoms with Gasteiger partial charge in [0.05, 0.1) is 0 Å². The molecule has 0 aromatic heterocycles. The highest BCUT2D eigenvalue weighted by Crippen LogP contribution is 2.43. The van der Waals surface area contributed by atoms with Crippen LogP contribution in [0.15, 0.2) is 0 Å². The second-order valence-electron chi connectivity index (χ2n) is 4.73. The van der Waals surface area contributed by atoms with E-state index in [1.165, 1.54) is 51.5 Å². The third-order valence-corrected chi connectivity index (χ3v) is 3.95. The first-order chi connectivity index (χ1) is 5.85. The van der Waals surface area contributed by atoms with Gasteiger partial charge in [-0.3, -0.25) is 0 Å². The summed E-state index contributed by atoms with van der Waals surface area (Å²) in [6.45, 7) is 3.61. The van der Waals surface area contributed by atoms with Gasteiger partial charge >= 0.3 is 0 Å². The zero-order chi connectivity index (χ0) is 8.44. The van der Waals surface area contributed by atoms with Crippen molar-refractivity contribution < 1.29 is 0 Å². The molecule has 1 atom stereocenters. The summed E-state index contributed by atoms with van der Waals surface area (Å²) in [7, 11) is 0. The van der Waals surface area contributed by atoms with Crippen LogP contribution in [0.2, 0.25) is 0 Å². The number of piperidine rings is 1. The van der Waals surface area contributed by atoms with E-state index in [1.54, 1.807) is 0 Å². The number of rotatable bonds is 1. The van der Waals surface area contributed by atoms with Crippen molar-refractivity contribution in [3.63, 3.8) is 0 Å². The lowest BCUT2D eigenvalue weighted by Crippen LogP contribution is -2.44. The van der Waals surface area contributed by atoms with E-state index in [2.05, 4.69) is 12.2 Å². The molecular weight excluding hydrogens is 146 g/mol. The zero-order valence-corrected chi connectivity index (χ0v) is 8.23. The molecule has 1 spiro atoms. The molecule has 12 heavy (non-hydrogen) atoms. The summed E-state index contributed by atoms with van der Waals surface area (Å²) < 4.78 is 0. The molecule has 2 aliphatic rings. The quantitative estimate of drug-likeness (QED) is 0.633. The maximum atomic E-state index is 3.70. The normalized spacial score (nSPS) is 34.2. The van der Waals surface area contributed by atoms with Crippen molar-refractivity contribution in [2.24, 2.45) is 5.41 Å². The van der Waals surface area contributed by atoms with Crippen LogP contribution in [-0.4, -0.2) is 12.6 Å². The molecule has 1 aliphatic carbocycles. The zero-order valence-electron chi connectivity index (χ0n) is 8.23. The Kier molecular flexibility index (Phi) is 2.40. The van der Waals surface area contributed by atoms with Crippen LogP contribution in [-0.2, 0) is 0 Å². The number of nitrogens with one attached hydrogen (secondary N) is 1. The van der Waals surface area contributed by atoms with Gasteiger partial charge in [-0.15, -0.1) is 0 Å². The van der Waals surface area contributed by atoms with E-state index in [0.717, 1.165) is 11.5 Å². The van der Waals surface area contributed by atoms with Crippen LogP contribution < -0.4 is 5.32 Å². The molecule has 2 fully saturated rings. The second kappa shape index (κ2) is 3.37. The van der Waals surface area contributed by atoms with Gasteiger partial charge in [-0.2, -0.15) is 0 Å². The van der Waals surface area contributed by atoms with Gasteiger partial charge in [0.15, 0.2) is 0 Å². The average molecular weight is 167 g/mol. The first-order valence-electron chi connectivity index (χ1n) is 5.58. The van der Waals surface area contributed by atoms with Gasteiger partial charge in [0.2, 0.25) is 0 Å². The van der Waals surface area contributed by atoms with Crippen molar-refractivity contribution in [2.45, 2.75) is 57.9 Å². The molecule has 1 N–H and O–H groups in total. The van der Waals surface area contributed by atoms with Gasteiger partial charge < -0.3 is 5.32 Å². The Balaban J connectivity index is 1.88. The molecule has 1 unspecified atom stereocenters. The van der Waals surface area contributed by atoms with Crippen LogP contribution >= 0.6 is 0 Å². The van der Waals surface area contributed by atoms with E-state index in [4.69, 9.17) is 0 Å². The molecule has 0 aromatic carbocycles. The summed E-state index contributed by atoms with van der Waals surface area (Å²) in [4.78, 5) is 0. The predicted molar refractivity (Wildman–Crippen MR) is 52.2 cm³/mol. The maximum Gasteiger partial charge on any atom is 0.00648 e. The van der Waals surface area contributed by atoms with Crippen LogP contribution in [0.25, 0.3) is 0 Å². The standard InChI is InChI=1S/C11H21N/c1-2-10-5-8-11(9-12-10)6-3-4-7-11/h10,12H,2-9H2,1H3. The largest absolute Gasteiger partial charge is 0.313 e. The van der Waals surface area contributed by atoms with Crippen LogP contribution in [0.5, 0.6) is 0 Å². The molecule has 2 rings (SSSR count). The highest BCUT2D eigenvalue weighted by molar-refractivity contribution is 4.92. The molecule has 1 heterocycles. The topological polar surface area (TPSA) is 12.0 Å². The molecule has 1 aliphatic heterocycles. The first-order valence-corrected chi connectivity index (χ1v) is 5.58. The van der Waals surface area contributed by atoms with Crippen molar-refractivity contribution in [1.82, 2.24) is 5.32 Å². The fourth-order valence-corrected chi connectivity index (χ4v) is 2.93. The predicted octanol–water partition coefficient (Wildman–Crippen LogP) is 2.71. The Hall–Kier alpha value is -0.0400. The van der Waals surface area contributed by atoms with E-state index in [1.807, 2.05) is 0 Å². The van der Waals surface area contributed by atoms with Crippen molar-refractivity contribution >= 4 is 0 Å². The summed E-state index contributed by atoms with van der Waals surface area (Å²) in [5.41, 5.74) is 0.742. The minimum Gasteiger partial charge on any atom is -0.313 e. The lowest BCUT2D eigenvalue weighted by atomic mass is 9.77. The van der Waals surface area contributed by atoms with Crippen molar-refractivity contribution in [3.05, 3.63) is 0 Å². The SMILES string of the molecule is CCC1CCC2(CCCC2)CN1. The monoisotopic (exact) mass is 167 g/mol. The van der Waals surface area contributed by atoms with Crippen LogP contribution in [0.4, 0.5) is 0 Å². The van der Waals surface area contributed by atoms with Crippen molar-refractivity contribution in [2.75, 3.05) is 6.54 Å². The molecule has 0 amide bonds. The van der Waals surface area contributed by atoms with E-state index >= 15 is 0 Å². The molecule has 1 saturated heterocycles. The van der Waals surface area contributed by atoms with E-state index < -0.39 is 0 Å². The Labute approximate surface area is 75.9 Å². The summed E-state index contributed by atoms with van der Waals surface area (Å²) in [5, 5.41) is 3.70. The minimum atomic E-state index is 0.742. The molecule has 70 valence electrons. The summed E-state index contributed by atoms with van der Waals surface area (Å²) in [6, 6.07) is 0.830. The van der Waals surface area contributed by atoms with Crippen molar-refractivity contribution in [1.29, 1.82) is 0 Å². The lowest BCUT2D eigenvalue weighted by Gasteiger charge is -2.37. The number of hydrogen-bond donors (Lipinski definition) is 1. The number of hydrogen-bond acceptors (Lipinski definition) is 1. The van der Waals surface area contributed by atoms with Gasteiger partial charge in [0.1, 0.15) is 0 Å². The van der Waals surface area contributed by atoms with Gasteiger partial charge in [-0.05, 0) is 37.5 Å². The smallest absolute Gasteiger partial charge is 0.00648 e. The van der Waals surface area contributed by atoms with E-state index in [9.17, 15) is 0 Å². The van der Waals surface area contributed by atoms with Crippen molar-refractivity contribution in [3.8, 4) is 0 Å². The highest BCUT2D eigenvalue weighted by atomic mass is 14.9. The Morgan fingerprint density at radius 2 is 2.00 bits per heavy atom. The Morgan fingerprint density at radius 1 is 1.25 bits per heavy atom. The van der Waals surface area contributed by atoms with E-state index in [-0.39, 0.29) is 0 Å². The summed E-state index contributed by atoms with van der Waals surface area (Å²) >= 11 is 0. The Bertz CT molecular complexity index is 137. The average Bonchev–Trinajstić information content (AvgIpc) is 2.55. The van der Waals surface area contributed by atoms with Gasteiger partial charge in [0.25, 0.3) is 0 Å². The van der Waals surface area contributed by atoms with Gasteiger partial charge in [0, 0.05) is 12.6 Å². The third-order valence-electron chi connectivity index (χ3n) is 3.95. The molecule has 1 nitrogen and oxygen atoms in total. The molecule has 1 heteroatoms. The maximum absolute atomic E-state index is 3.70. The van der Waals surface area contributed by atoms with Gasteiger partial charge in [-0.1, -0.05) is 19.8 Å². The van der Waals surface area contributed by atoms with Crippen LogP contribution in [0.1, 0.15) is 51.9 Å². The van der Waals surface area contributed by atoms with E-state index in [0.29, 0.717) is 0 Å². The highest BCUT2D eigenvalue weighted by Gasteiger charge is 2.36. The fourth-order valence-electron chi connectivity index (χ4n) is 2.93. The second-order valence-corrected chi connectivity index (χ2v) is 4.73. The van der Waals surface area contributed by atoms with Gasteiger partial charge in [-0.25, -0.2) is 0 Å². The third kappa shape index (κ3) is 1.52. The molecule has 0 bridgehead atoms. The molecule has 1 saturated carbocycles. The van der Waals surface area contributed by atoms with Crippen LogP contribution in [0.3, 0.4) is 0 Å². The molecule has 0 radical (unpaired) electrons. The summed E-state index contributed by atoms with van der Waals surface area (Å²) in [5.74, 6) is 0. The minimum absolute atomic E-state index is 0.742. The molecule has 0 aromatic rings. The van der Waals surface area contributed by atoms with Crippen LogP contribution in [0, 0.1) is 5.41 Å².